The molecule has 3 rings (SSSR count). The van der Waals surface area contributed by atoms with E-state index in [0.717, 1.165) is 4.90 Å². The van der Waals surface area contributed by atoms with Crippen molar-refractivity contribution >= 4 is 58.5 Å². The van der Waals surface area contributed by atoms with E-state index in [4.69, 9.17) is 34.8 Å². The third kappa shape index (κ3) is 3.85. The van der Waals surface area contributed by atoms with Crippen LogP contribution in [0.2, 0.25) is 15.1 Å². The summed E-state index contributed by atoms with van der Waals surface area (Å²) in [4.78, 5) is 42.1. The van der Waals surface area contributed by atoms with E-state index in [9.17, 15) is 14.4 Å². The summed E-state index contributed by atoms with van der Waals surface area (Å²) in [6.07, 6.45) is 1.37. The van der Waals surface area contributed by atoms with Crippen molar-refractivity contribution in [3.63, 3.8) is 0 Å². The Morgan fingerprint density at radius 3 is 2.52 bits per heavy atom. The van der Waals surface area contributed by atoms with Crippen LogP contribution in [0.3, 0.4) is 0 Å². The second-order valence-corrected chi connectivity index (χ2v) is 7.26. The largest absolute Gasteiger partial charge is 0.325 e. The summed E-state index contributed by atoms with van der Waals surface area (Å²) < 4.78 is 0. The monoisotopic (exact) mass is 426 g/mol. The molecule has 0 aliphatic carbocycles. The molecule has 1 atom stereocenters. The van der Waals surface area contributed by atoms with E-state index in [-0.39, 0.29) is 10.8 Å². The van der Waals surface area contributed by atoms with Crippen molar-refractivity contribution in [2.75, 3.05) is 11.9 Å². The quantitative estimate of drug-likeness (QED) is 0.731. The topological polar surface area (TPSA) is 91.4 Å². The smallest absolute Gasteiger partial charge is 0.319 e. The molecule has 0 bridgehead atoms. The number of urea groups is 1. The Hall–Kier alpha value is -2.35. The van der Waals surface area contributed by atoms with Crippen molar-refractivity contribution in [1.82, 2.24) is 15.2 Å². The second kappa shape index (κ2) is 7.34. The third-order valence-corrected chi connectivity index (χ3v) is 4.81. The van der Waals surface area contributed by atoms with Crippen LogP contribution in [0.4, 0.5) is 10.6 Å². The fraction of sp³-hybridized carbons (Fsp3) is 0.176. The summed E-state index contributed by atoms with van der Waals surface area (Å²) in [5.41, 5.74) is -1.02. The Bertz CT molecular complexity index is 936. The molecule has 27 heavy (non-hydrogen) atoms. The average Bonchev–Trinajstić information content (AvgIpc) is 2.81. The maximum atomic E-state index is 12.8. The second-order valence-electron chi connectivity index (χ2n) is 5.98. The molecule has 2 aromatic rings. The minimum atomic E-state index is -1.41. The van der Waals surface area contributed by atoms with Gasteiger partial charge in [-0.25, -0.2) is 9.78 Å². The van der Waals surface area contributed by atoms with Gasteiger partial charge in [0.15, 0.2) is 0 Å². The van der Waals surface area contributed by atoms with Crippen molar-refractivity contribution in [2.24, 2.45) is 0 Å². The number of benzene rings is 1. The van der Waals surface area contributed by atoms with E-state index in [1.807, 2.05) is 0 Å². The SMILES string of the molecule is CC1(c2ccc(Cl)cc2Cl)NC(=O)N(CC(=O)Nc2ccc(Cl)cn2)C1=O. The Morgan fingerprint density at radius 1 is 1.19 bits per heavy atom. The van der Waals surface area contributed by atoms with E-state index in [2.05, 4.69) is 15.6 Å². The maximum absolute atomic E-state index is 12.8. The van der Waals surface area contributed by atoms with Crippen molar-refractivity contribution in [3.05, 3.63) is 57.2 Å². The molecule has 4 amide bonds. The highest BCUT2D eigenvalue weighted by atomic mass is 35.5. The lowest BCUT2D eigenvalue weighted by atomic mass is 9.92. The highest BCUT2D eigenvalue weighted by molar-refractivity contribution is 6.35. The molecule has 0 saturated carbocycles. The van der Waals surface area contributed by atoms with Gasteiger partial charge in [0, 0.05) is 21.8 Å². The number of anilines is 1. The lowest BCUT2D eigenvalue weighted by molar-refractivity contribution is -0.133. The van der Waals surface area contributed by atoms with Gasteiger partial charge in [0.25, 0.3) is 5.91 Å². The molecule has 1 aliphatic heterocycles. The van der Waals surface area contributed by atoms with E-state index >= 15 is 0 Å². The highest BCUT2D eigenvalue weighted by Crippen LogP contribution is 2.34. The van der Waals surface area contributed by atoms with Crippen molar-refractivity contribution in [1.29, 1.82) is 0 Å². The van der Waals surface area contributed by atoms with E-state index in [1.165, 1.54) is 25.3 Å². The third-order valence-electron chi connectivity index (χ3n) is 4.04. The minimum Gasteiger partial charge on any atom is -0.319 e. The molecule has 1 aromatic heterocycles. The zero-order valence-corrected chi connectivity index (χ0v) is 16.2. The Morgan fingerprint density at radius 2 is 1.89 bits per heavy atom. The molecule has 140 valence electrons. The molecule has 1 saturated heterocycles. The number of imide groups is 1. The highest BCUT2D eigenvalue weighted by Gasteiger charge is 2.50. The number of pyridine rings is 1. The van der Waals surface area contributed by atoms with Crippen LogP contribution in [0.25, 0.3) is 0 Å². The normalized spacial score (nSPS) is 19.2. The number of nitrogens with zero attached hydrogens (tertiary/aromatic N) is 2. The Kier molecular flexibility index (Phi) is 5.28. The summed E-state index contributed by atoms with van der Waals surface area (Å²) in [5, 5.41) is 6.12. The van der Waals surface area contributed by atoms with Gasteiger partial charge in [-0.15, -0.1) is 0 Å². The van der Waals surface area contributed by atoms with Crippen LogP contribution in [0.5, 0.6) is 0 Å². The first kappa shape index (κ1) is 19.4. The number of hydrogen-bond acceptors (Lipinski definition) is 4. The molecule has 1 aliphatic rings. The summed E-state index contributed by atoms with van der Waals surface area (Å²) in [6.45, 7) is 1.04. The standard InChI is InChI=1S/C17H13Cl3N4O3/c1-17(11-4-2-9(18)6-12(11)20)15(26)24(16(27)23-17)8-14(25)22-13-5-3-10(19)7-21-13/h2-7H,8H2,1H3,(H,23,27)(H,21,22,25). The van der Waals surface area contributed by atoms with Crippen LogP contribution in [0.15, 0.2) is 36.5 Å². The molecule has 7 nitrogen and oxygen atoms in total. The van der Waals surface area contributed by atoms with Crippen molar-refractivity contribution in [2.45, 2.75) is 12.5 Å². The number of carbonyl (C=O) groups is 3. The summed E-state index contributed by atoms with van der Waals surface area (Å²) in [7, 11) is 0. The fourth-order valence-corrected chi connectivity index (χ4v) is 3.40. The molecule has 2 heterocycles. The molecular weight excluding hydrogens is 415 g/mol. The first-order valence-corrected chi connectivity index (χ1v) is 8.85. The molecule has 0 spiro atoms. The molecule has 1 fully saturated rings. The van der Waals surface area contributed by atoms with Crippen LogP contribution in [-0.4, -0.2) is 34.3 Å². The van der Waals surface area contributed by atoms with Gasteiger partial charge in [-0.3, -0.25) is 14.5 Å². The predicted molar refractivity (Wildman–Crippen MR) is 102 cm³/mol. The molecule has 1 unspecified atom stereocenters. The summed E-state index contributed by atoms with van der Waals surface area (Å²) >= 11 is 17.8. The lowest BCUT2D eigenvalue weighted by Gasteiger charge is -2.23. The molecule has 1 aromatic carbocycles. The van der Waals surface area contributed by atoms with Crippen LogP contribution in [-0.2, 0) is 15.1 Å². The molecule has 10 heteroatoms. The predicted octanol–water partition coefficient (Wildman–Crippen LogP) is 3.45. The van der Waals surface area contributed by atoms with Crippen molar-refractivity contribution in [3.8, 4) is 0 Å². The minimum absolute atomic E-state index is 0.232. The zero-order chi connectivity index (χ0) is 19.8. The zero-order valence-electron chi connectivity index (χ0n) is 13.9. The van der Waals surface area contributed by atoms with Crippen molar-refractivity contribution < 1.29 is 14.4 Å². The van der Waals surface area contributed by atoms with Gasteiger partial charge in [0.2, 0.25) is 5.91 Å². The van der Waals surface area contributed by atoms with Crippen LogP contribution in [0.1, 0.15) is 12.5 Å². The lowest BCUT2D eigenvalue weighted by Crippen LogP contribution is -2.42. The molecular formula is C17H13Cl3N4O3. The van der Waals surface area contributed by atoms with Gasteiger partial charge >= 0.3 is 6.03 Å². The number of rotatable bonds is 4. The number of aromatic nitrogens is 1. The Labute approximate surface area is 169 Å². The van der Waals surface area contributed by atoms with Gasteiger partial charge < -0.3 is 10.6 Å². The van der Waals surface area contributed by atoms with Crippen LogP contribution in [0, 0.1) is 0 Å². The average molecular weight is 428 g/mol. The first-order valence-electron chi connectivity index (χ1n) is 7.72. The summed E-state index contributed by atoms with van der Waals surface area (Å²) in [6, 6.07) is 6.96. The van der Waals surface area contributed by atoms with Gasteiger partial charge in [0.05, 0.1) is 5.02 Å². The Balaban J connectivity index is 1.77. The van der Waals surface area contributed by atoms with Gasteiger partial charge in [-0.1, -0.05) is 40.9 Å². The molecule has 2 N–H and O–H groups in total. The number of halogens is 3. The maximum Gasteiger partial charge on any atom is 0.325 e. The molecule has 0 radical (unpaired) electrons. The van der Waals surface area contributed by atoms with E-state index < -0.39 is 29.9 Å². The number of hydrogen-bond donors (Lipinski definition) is 2. The van der Waals surface area contributed by atoms with Gasteiger partial charge in [0.1, 0.15) is 17.9 Å². The van der Waals surface area contributed by atoms with Gasteiger partial charge in [-0.05, 0) is 31.2 Å². The number of carbonyl (C=O) groups excluding carboxylic acids is 3. The van der Waals surface area contributed by atoms with Crippen LogP contribution >= 0.6 is 34.8 Å². The fourth-order valence-electron chi connectivity index (χ4n) is 2.69. The van der Waals surface area contributed by atoms with Gasteiger partial charge in [-0.2, -0.15) is 0 Å². The first-order chi connectivity index (χ1) is 12.7. The van der Waals surface area contributed by atoms with E-state index in [0.29, 0.717) is 15.6 Å². The summed E-state index contributed by atoms with van der Waals surface area (Å²) in [5.74, 6) is -0.935. The van der Waals surface area contributed by atoms with Crippen LogP contribution < -0.4 is 10.6 Å². The number of amides is 4. The van der Waals surface area contributed by atoms with E-state index in [1.54, 1.807) is 18.2 Å². The number of nitrogens with one attached hydrogen (secondary N) is 2.